The molecule has 0 aliphatic rings. The van der Waals surface area contributed by atoms with E-state index in [-0.39, 0.29) is 22.7 Å². The fraction of sp³-hybridized carbons (Fsp3) is 0.200. The third kappa shape index (κ3) is 3.34. The minimum Gasteiger partial charge on any atom is -0.285 e. The lowest BCUT2D eigenvalue weighted by molar-refractivity contribution is -0.115. The summed E-state index contributed by atoms with van der Waals surface area (Å²) in [6.07, 6.45) is 1.80. The zero-order valence-electron chi connectivity index (χ0n) is 18.4. The molecule has 0 bridgehead atoms. The minimum absolute atomic E-state index is 0.0789. The normalized spacial score (nSPS) is 11.2. The average Bonchev–Trinajstić information content (AvgIpc) is 3.09. The molecule has 0 spiro atoms. The van der Waals surface area contributed by atoms with Crippen molar-refractivity contribution in [1.29, 1.82) is 0 Å². The first-order chi connectivity index (χ1) is 15.1. The summed E-state index contributed by atoms with van der Waals surface area (Å²) in [7, 11) is 0. The number of amides is 1. The highest BCUT2D eigenvalue weighted by Crippen LogP contribution is 2.40. The van der Waals surface area contributed by atoms with E-state index < -0.39 is 17.5 Å². The Labute approximate surface area is 183 Å². The number of pyridine rings is 1. The Hall–Kier alpha value is -3.61. The predicted molar refractivity (Wildman–Crippen MR) is 119 cm³/mol. The van der Waals surface area contributed by atoms with Gasteiger partial charge in [-0.1, -0.05) is 24.3 Å². The molecular weight excluding hydrogens is 415 g/mol. The summed E-state index contributed by atoms with van der Waals surface area (Å²) in [5.74, 6) is -4.09. The second-order valence-electron chi connectivity index (χ2n) is 7.97. The SMILES string of the molecule is CC(=O)N(c1c(C)cccc1C)c1c(-c2cc(F)c(F)c(F)c2C)nc2ccc(C)cn12. The van der Waals surface area contributed by atoms with Crippen molar-refractivity contribution >= 4 is 23.1 Å². The fourth-order valence-corrected chi connectivity index (χ4v) is 4.04. The first-order valence-corrected chi connectivity index (χ1v) is 10.1. The number of imidazole rings is 1. The van der Waals surface area contributed by atoms with Gasteiger partial charge in [0, 0.05) is 18.7 Å². The maximum Gasteiger partial charge on any atom is 0.229 e. The van der Waals surface area contributed by atoms with Crippen LogP contribution >= 0.6 is 0 Å². The monoisotopic (exact) mass is 437 g/mol. The van der Waals surface area contributed by atoms with E-state index in [4.69, 9.17) is 0 Å². The standard InChI is InChI=1S/C25H22F3N3O/c1-13-9-10-20-29-23(18-11-19(26)22(28)21(27)16(18)4)25(30(20)12-13)31(17(5)32)24-14(2)7-6-8-15(24)3/h6-12H,1-5H3. The number of para-hydroxylation sites is 1. The number of hydrogen-bond donors (Lipinski definition) is 0. The third-order valence-electron chi connectivity index (χ3n) is 5.59. The number of nitrogens with zero attached hydrogens (tertiary/aromatic N) is 3. The Morgan fingerprint density at radius 1 is 0.969 bits per heavy atom. The largest absolute Gasteiger partial charge is 0.285 e. The molecule has 0 atom stereocenters. The van der Waals surface area contributed by atoms with E-state index in [0.717, 1.165) is 22.8 Å². The lowest BCUT2D eigenvalue weighted by Gasteiger charge is -2.26. The van der Waals surface area contributed by atoms with Gasteiger partial charge in [0.25, 0.3) is 0 Å². The molecule has 32 heavy (non-hydrogen) atoms. The van der Waals surface area contributed by atoms with E-state index in [1.165, 1.54) is 18.7 Å². The zero-order chi connectivity index (χ0) is 23.3. The van der Waals surface area contributed by atoms with Crippen molar-refractivity contribution in [2.45, 2.75) is 34.6 Å². The second kappa shape index (κ2) is 7.82. The molecule has 0 fully saturated rings. The van der Waals surface area contributed by atoms with Crippen LogP contribution in [0.25, 0.3) is 16.9 Å². The van der Waals surface area contributed by atoms with Gasteiger partial charge in [0.05, 0.1) is 5.69 Å². The number of rotatable bonds is 3. The van der Waals surface area contributed by atoms with Crippen LogP contribution in [0.2, 0.25) is 0 Å². The van der Waals surface area contributed by atoms with Crippen LogP contribution < -0.4 is 4.90 Å². The van der Waals surface area contributed by atoms with Crippen LogP contribution in [-0.4, -0.2) is 15.3 Å². The molecule has 0 aliphatic heterocycles. The molecule has 2 aromatic heterocycles. The molecule has 7 heteroatoms. The number of benzene rings is 2. The molecule has 164 valence electrons. The van der Waals surface area contributed by atoms with Crippen molar-refractivity contribution in [1.82, 2.24) is 9.38 Å². The molecule has 0 radical (unpaired) electrons. The van der Waals surface area contributed by atoms with Gasteiger partial charge in [-0.25, -0.2) is 18.2 Å². The maximum absolute atomic E-state index is 14.5. The van der Waals surface area contributed by atoms with E-state index in [9.17, 15) is 18.0 Å². The number of aryl methyl sites for hydroxylation is 3. The Balaban J connectivity index is 2.16. The molecular formula is C25H22F3N3O. The molecule has 1 amide bonds. The Morgan fingerprint density at radius 2 is 1.62 bits per heavy atom. The number of fused-ring (bicyclic) bond motifs is 1. The van der Waals surface area contributed by atoms with Gasteiger partial charge >= 0.3 is 0 Å². The summed E-state index contributed by atoms with van der Waals surface area (Å²) < 4.78 is 44.3. The van der Waals surface area contributed by atoms with Crippen LogP contribution in [0.4, 0.5) is 24.7 Å². The van der Waals surface area contributed by atoms with Gasteiger partial charge in [0.1, 0.15) is 11.3 Å². The summed E-state index contributed by atoms with van der Waals surface area (Å²) >= 11 is 0. The van der Waals surface area contributed by atoms with Crippen molar-refractivity contribution in [3.63, 3.8) is 0 Å². The molecule has 0 saturated carbocycles. The van der Waals surface area contributed by atoms with Crippen LogP contribution in [-0.2, 0) is 4.79 Å². The van der Waals surface area contributed by atoms with Gasteiger partial charge in [-0.3, -0.25) is 14.1 Å². The summed E-state index contributed by atoms with van der Waals surface area (Å²) in [4.78, 5) is 19.1. The summed E-state index contributed by atoms with van der Waals surface area (Å²) in [6, 6.07) is 10.2. The van der Waals surface area contributed by atoms with Crippen LogP contribution in [0.5, 0.6) is 0 Å². The lowest BCUT2D eigenvalue weighted by atomic mass is 10.0. The number of anilines is 2. The molecule has 0 aliphatic carbocycles. The van der Waals surface area contributed by atoms with E-state index in [1.54, 1.807) is 16.7 Å². The Morgan fingerprint density at radius 3 is 2.25 bits per heavy atom. The van der Waals surface area contributed by atoms with Crippen LogP contribution in [0, 0.1) is 45.1 Å². The van der Waals surface area contributed by atoms with Gasteiger partial charge in [-0.05, 0) is 62.1 Å². The topological polar surface area (TPSA) is 37.6 Å². The maximum atomic E-state index is 14.5. The van der Waals surface area contributed by atoms with Crippen molar-refractivity contribution in [2.24, 2.45) is 0 Å². The molecule has 4 rings (SSSR count). The Kier molecular flexibility index (Phi) is 5.28. The number of hydrogen-bond acceptors (Lipinski definition) is 2. The second-order valence-corrected chi connectivity index (χ2v) is 7.97. The van der Waals surface area contributed by atoms with E-state index >= 15 is 0 Å². The highest BCUT2D eigenvalue weighted by atomic mass is 19.2. The quantitative estimate of drug-likeness (QED) is 0.351. The number of carbonyl (C=O) groups is 1. The first-order valence-electron chi connectivity index (χ1n) is 10.1. The van der Waals surface area contributed by atoms with E-state index in [0.29, 0.717) is 17.2 Å². The van der Waals surface area contributed by atoms with Crippen LogP contribution in [0.1, 0.15) is 29.2 Å². The smallest absolute Gasteiger partial charge is 0.229 e. The highest BCUT2D eigenvalue weighted by Gasteiger charge is 2.29. The third-order valence-corrected chi connectivity index (χ3v) is 5.59. The van der Waals surface area contributed by atoms with Crippen LogP contribution in [0.3, 0.4) is 0 Å². The molecule has 0 unspecified atom stereocenters. The molecule has 2 heterocycles. The predicted octanol–water partition coefficient (Wildman–Crippen LogP) is 6.34. The molecule has 2 aromatic carbocycles. The Bertz CT molecular complexity index is 1370. The van der Waals surface area contributed by atoms with Gasteiger partial charge in [-0.15, -0.1) is 0 Å². The molecule has 4 nitrogen and oxygen atoms in total. The highest BCUT2D eigenvalue weighted by molar-refractivity contribution is 6.03. The summed E-state index contributed by atoms with van der Waals surface area (Å²) in [6.45, 7) is 8.44. The van der Waals surface area contributed by atoms with E-state index in [2.05, 4.69) is 4.98 Å². The van der Waals surface area contributed by atoms with Crippen molar-refractivity contribution in [3.05, 3.63) is 82.3 Å². The zero-order valence-corrected chi connectivity index (χ0v) is 18.4. The van der Waals surface area contributed by atoms with Crippen molar-refractivity contribution < 1.29 is 18.0 Å². The van der Waals surface area contributed by atoms with Gasteiger partial charge < -0.3 is 0 Å². The van der Waals surface area contributed by atoms with Crippen molar-refractivity contribution in [3.8, 4) is 11.3 Å². The van der Waals surface area contributed by atoms with Gasteiger partial charge in [0.15, 0.2) is 23.3 Å². The fourth-order valence-electron chi connectivity index (χ4n) is 4.04. The first kappa shape index (κ1) is 21.6. The van der Waals surface area contributed by atoms with Gasteiger partial charge in [0.2, 0.25) is 5.91 Å². The summed E-state index contributed by atoms with van der Waals surface area (Å²) in [5.41, 5.74) is 3.92. The number of halogens is 3. The lowest BCUT2D eigenvalue weighted by Crippen LogP contribution is -2.26. The summed E-state index contributed by atoms with van der Waals surface area (Å²) in [5, 5.41) is 0. The minimum atomic E-state index is -1.54. The number of carbonyl (C=O) groups excluding carboxylic acids is 1. The average molecular weight is 437 g/mol. The van der Waals surface area contributed by atoms with Crippen molar-refractivity contribution in [2.75, 3.05) is 4.90 Å². The van der Waals surface area contributed by atoms with E-state index in [1.807, 2.05) is 45.0 Å². The molecule has 0 N–H and O–H groups in total. The number of aromatic nitrogens is 2. The molecule has 0 saturated heterocycles. The van der Waals surface area contributed by atoms with Crippen LogP contribution in [0.15, 0.2) is 42.6 Å². The molecule has 4 aromatic rings. The van der Waals surface area contributed by atoms with Gasteiger partial charge in [-0.2, -0.15) is 0 Å².